The molecule has 2 aromatic rings. The van der Waals surface area contributed by atoms with Crippen molar-refractivity contribution in [3.8, 4) is 0 Å². The first-order valence-corrected chi connectivity index (χ1v) is 4.86. The van der Waals surface area contributed by atoms with Crippen LogP contribution in [0.3, 0.4) is 0 Å². The second-order valence-electron chi connectivity index (χ2n) is 3.32. The number of anilines is 1. The Hall–Kier alpha value is -1.84. The number of fused-ring (bicyclic) bond motifs is 1. The monoisotopic (exact) mass is 204 g/mol. The van der Waals surface area contributed by atoms with Crippen LogP contribution in [0.2, 0.25) is 0 Å². The van der Waals surface area contributed by atoms with E-state index >= 15 is 0 Å². The van der Waals surface area contributed by atoms with Gasteiger partial charge in [0.1, 0.15) is 5.52 Å². The molecule has 1 amide bonds. The van der Waals surface area contributed by atoms with Crippen LogP contribution in [0.5, 0.6) is 0 Å². The maximum absolute atomic E-state index is 11.2. The first-order valence-electron chi connectivity index (χ1n) is 4.86. The van der Waals surface area contributed by atoms with Gasteiger partial charge in [0.25, 0.3) is 0 Å². The Morgan fingerprint density at radius 1 is 1.53 bits per heavy atom. The quantitative estimate of drug-likeness (QED) is 0.817. The first-order chi connectivity index (χ1) is 7.19. The third-order valence-corrected chi connectivity index (χ3v) is 2.10. The highest BCUT2D eigenvalue weighted by Gasteiger charge is 2.04. The minimum Gasteiger partial charge on any atom is -0.441 e. The summed E-state index contributed by atoms with van der Waals surface area (Å²) in [4.78, 5) is 15.3. The number of benzene rings is 1. The van der Waals surface area contributed by atoms with E-state index in [1.54, 1.807) is 13.0 Å². The normalized spacial score (nSPS) is 10.5. The predicted octanol–water partition coefficient (Wildman–Crippen LogP) is 2.48. The molecule has 0 fully saturated rings. The first kappa shape index (κ1) is 9.71. The van der Waals surface area contributed by atoms with Gasteiger partial charge in [-0.15, -0.1) is 0 Å². The van der Waals surface area contributed by atoms with Gasteiger partial charge in [-0.05, 0) is 12.1 Å². The van der Waals surface area contributed by atoms with Gasteiger partial charge in [-0.3, -0.25) is 4.79 Å². The Morgan fingerprint density at radius 2 is 2.33 bits per heavy atom. The number of amides is 1. The Morgan fingerprint density at radius 3 is 3.07 bits per heavy atom. The Labute approximate surface area is 87.3 Å². The number of oxazole rings is 1. The lowest BCUT2D eigenvalue weighted by molar-refractivity contribution is -0.115. The molecular weight excluding hydrogens is 192 g/mol. The summed E-state index contributed by atoms with van der Waals surface area (Å²) in [5.41, 5.74) is 2.24. The van der Waals surface area contributed by atoms with Gasteiger partial charge in [0, 0.05) is 25.1 Å². The molecule has 0 saturated carbocycles. The van der Waals surface area contributed by atoms with Crippen LogP contribution in [-0.4, -0.2) is 10.9 Å². The van der Waals surface area contributed by atoms with Gasteiger partial charge in [-0.25, -0.2) is 4.98 Å². The fourth-order valence-corrected chi connectivity index (χ4v) is 1.37. The van der Waals surface area contributed by atoms with E-state index in [2.05, 4.69) is 10.3 Å². The standard InChI is InChI=1S/C11H12N2O2/c1-3-11(14)13-8-4-5-9-10(6-8)15-7(2)12-9/h4-6H,3H2,1-2H3,(H,13,14). The third-order valence-electron chi connectivity index (χ3n) is 2.10. The van der Waals surface area contributed by atoms with Gasteiger partial charge < -0.3 is 9.73 Å². The zero-order chi connectivity index (χ0) is 10.8. The van der Waals surface area contributed by atoms with Crippen LogP contribution in [0.25, 0.3) is 11.1 Å². The fraction of sp³-hybridized carbons (Fsp3) is 0.273. The second-order valence-corrected chi connectivity index (χ2v) is 3.32. The summed E-state index contributed by atoms with van der Waals surface area (Å²) < 4.78 is 5.36. The summed E-state index contributed by atoms with van der Waals surface area (Å²) >= 11 is 0. The molecule has 78 valence electrons. The molecule has 1 aromatic heterocycles. The minimum absolute atomic E-state index is 0.00872. The number of rotatable bonds is 2. The lowest BCUT2D eigenvalue weighted by Gasteiger charge is -2.01. The molecule has 4 nitrogen and oxygen atoms in total. The van der Waals surface area contributed by atoms with Crippen molar-refractivity contribution in [3.05, 3.63) is 24.1 Å². The van der Waals surface area contributed by atoms with E-state index in [-0.39, 0.29) is 5.91 Å². The van der Waals surface area contributed by atoms with Gasteiger partial charge in [0.05, 0.1) is 0 Å². The summed E-state index contributed by atoms with van der Waals surface area (Å²) in [5.74, 6) is 0.620. The average molecular weight is 204 g/mol. The van der Waals surface area contributed by atoms with E-state index < -0.39 is 0 Å². The number of carbonyl (C=O) groups is 1. The molecule has 0 aliphatic rings. The summed E-state index contributed by atoms with van der Waals surface area (Å²) in [6.45, 7) is 3.61. The van der Waals surface area contributed by atoms with Crippen molar-refractivity contribution in [2.45, 2.75) is 20.3 Å². The SMILES string of the molecule is CCC(=O)Nc1ccc2nc(C)oc2c1. The topological polar surface area (TPSA) is 55.1 Å². The number of hydrogen-bond acceptors (Lipinski definition) is 3. The molecule has 0 radical (unpaired) electrons. The highest BCUT2D eigenvalue weighted by molar-refractivity contribution is 5.92. The van der Waals surface area contributed by atoms with Crippen molar-refractivity contribution in [2.75, 3.05) is 5.32 Å². The van der Waals surface area contributed by atoms with Gasteiger partial charge in [-0.1, -0.05) is 6.92 Å². The van der Waals surface area contributed by atoms with E-state index in [0.29, 0.717) is 17.9 Å². The Kier molecular flexibility index (Phi) is 2.41. The molecule has 15 heavy (non-hydrogen) atoms. The van der Waals surface area contributed by atoms with Crippen LogP contribution in [0.4, 0.5) is 5.69 Å². The van der Waals surface area contributed by atoms with Gasteiger partial charge >= 0.3 is 0 Å². The smallest absolute Gasteiger partial charge is 0.224 e. The van der Waals surface area contributed by atoms with Crippen molar-refractivity contribution >= 4 is 22.7 Å². The molecule has 0 spiro atoms. The summed E-state index contributed by atoms with van der Waals surface area (Å²) in [7, 11) is 0. The van der Waals surface area contributed by atoms with Crippen molar-refractivity contribution in [2.24, 2.45) is 0 Å². The molecule has 0 saturated heterocycles. The molecule has 0 bridgehead atoms. The number of aromatic nitrogens is 1. The Balaban J connectivity index is 2.33. The predicted molar refractivity (Wildman–Crippen MR) is 57.7 cm³/mol. The molecule has 0 aliphatic carbocycles. The van der Waals surface area contributed by atoms with E-state index in [1.807, 2.05) is 19.1 Å². The van der Waals surface area contributed by atoms with Crippen molar-refractivity contribution in [3.63, 3.8) is 0 Å². The molecule has 4 heteroatoms. The van der Waals surface area contributed by atoms with E-state index in [4.69, 9.17) is 4.42 Å². The van der Waals surface area contributed by atoms with Crippen LogP contribution in [0, 0.1) is 6.92 Å². The van der Waals surface area contributed by atoms with Crippen LogP contribution in [0.15, 0.2) is 22.6 Å². The summed E-state index contributed by atoms with van der Waals surface area (Å²) in [6, 6.07) is 5.43. The average Bonchev–Trinajstić information content (AvgIpc) is 2.57. The number of aryl methyl sites for hydroxylation is 1. The maximum atomic E-state index is 11.2. The number of carbonyl (C=O) groups excluding carboxylic acids is 1. The maximum Gasteiger partial charge on any atom is 0.224 e. The van der Waals surface area contributed by atoms with Crippen LogP contribution < -0.4 is 5.32 Å². The zero-order valence-electron chi connectivity index (χ0n) is 8.70. The molecule has 1 heterocycles. The highest BCUT2D eigenvalue weighted by atomic mass is 16.3. The molecule has 0 unspecified atom stereocenters. The van der Waals surface area contributed by atoms with Crippen LogP contribution >= 0.6 is 0 Å². The van der Waals surface area contributed by atoms with E-state index in [0.717, 1.165) is 11.2 Å². The highest BCUT2D eigenvalue weighted by Crippen LogP contribution is 2.19. The molecule has 0 atom stereocenters. The fourth-order valence-electron chi connectivity index (χ4n) is 1.37. The molecular formula is C11H12N2O2. The van der Waals surface area contributed by atoms with Crippen molar-refractivity contribution in [1.29, 1.82) is 0 Å². The zero-order valence-corrected chi connectivity index (χ0v) is 8.70. The molecule has 1 N–H and O–H groups in total. The number of nitrogens with one attached hydrogen (secondary N) is 1. The van der Waals surface area contributed by atoms with E-state index in [1.165, 1.54) is 0 Å². The Bertz CT molecular complexity index is 502. The van der Waals surface area contributed by atoms with Gasteiger partial charge in [0.15, 0.2) is 11.5 Å². The van der Waals surface area contributed by atoms with Crippen molar-refractivity contribution < 1.29 is 9.21 Å². The lowest BCUT2D eigenvalue weighted by atomic mass is 10.3. The largest absolute Gasteiger partial charge is 0.441 e. The minimum atomic E-state index is -0.00872. The van der Waals surface area contributed by atoms with E-state index in [9.17, 15) is 4.79 Å². The van der Waals surface area contributed by atoms with Gasteiger partial charge in [-0.2, -0.15) is 0 Å². The lowest BCUT2D eigenvalue weighted by Crippen LogP contribution is -2.08. The summed E-state index contributed by atoms with van der Waals surface area (Å²) in [5, 5.41) is 2.77. The summed E-state index contributed by atoms with van der Waals surface area (Å²) in [6.07, 6.45) is 0.466. The van der Waals surface area contributed by atoms with Gasteiger partial charge in [0.2, 0.25) is 5.91 Å². The van der Waals surface area contributed by atoms with Crippen LogP contribution in [0.1, 0.15) is 19.2 Å². The van der Waals surface area contributed by atoms with Crippen LogP contribution in [-0.2, 0) is 4.79 Å². The van der Waals surface area contributed by atoms with Crippen molar-refractivity contribution in [1.82, 2.24) is 4.98 Å². The second kappa shape index (κ2) is 3.73. The number of nitrogens with zero attached hydrogens (tertiary/aromatic N) is 1. The molecule has 2 rings (SSSR count). The third kappa shape index (κ3) is 1.98. The number of hydrogen-bond donors (Lipinski definition) is 1. The molecule has 0 aliphatic heterocycles. The molecule has 1 aromatic carbocycles.